The standard InChI is InChI=1S/C22H14Cl2F10N4O/c23-15-5-11(19(25,21(29,30)31)22(32,33)34)4-14(20(26,27)28)16(15)36-8-10(6-35)9-3-13(17(24)37-7-9)18(39)38-12-1-2-12/h3-8,12,35-36H,1-2H2,(H,38,39)/b10-8+,35-6?. The van der Waals surface area contributed by atoms with Crippen molar-refractivity contribution in [1.29, 1.82) is 5.41 Å². The van der Waals surface area contributed by atoms with E-state index >= 15 is 0 Å². The van der Waals surface area contributed by atoms with Crippen molar-refractivity contribution in [2.75, 3.05) is 5.32 Å². The van der Waals surface area contributed by atoms with Gasteiger partial charge in [-0.25, -0.2) is 9.37 Å². The van der Waals surface area contributed by atoms with E-state index in [0.29, 0.717) is 12.4 Å². The number of hydrogen-bond donors (Lipinski definition) is 3. The molecule has 0 spiro atoms. The van der Waals surface area contributed by atoms with Crippen molar-refractivity contribution in [3.63, 3.8) is 0 Å². The predicted molar refractivity (Wildman–Crippen MR) is 121 cm³/mol. The van der Waals surface area contributed by atoms with E-state index in [9.17, 15) is 48.7 Å². The van der Waals surface area contributed by atoms with Crippen LogP contribution in [0.15, 0.2) is 30.6 Å². The molecule has 0 saturated heterocycles. The van der Waals surface area contributed by atoms with Crippen molar-refractivity contribution in [1.82, 2.24) is 10.3 Å². The van der Waals surface area contributed by atoms with Crippen molar-refractivity contribution in [2.24, 2.45) is 0 Å². The Bertz CT molecular complexity index is 1300. The van der Waals surface area contributed by atoms with Gasteiger partial charge in [0.2, 0.25) is 0 Å². The third-order valence-corrected chi connectivity index (χ3v) is 6.03. The lowest BCUT2D eigenvalue weighted by molar-refractivity contribution is -0.348. The summed E-state index contributed by atoms with van der Waals surface area (Å²) in [6, 6.07) is 0.199. The van der Waals surface area contributed by atoms with E-state index in [0.717, 1.165) is 25.1 Å². The molecule has 2 aromatic rings. The van der Waals surface area contributed by atoms with Gasteiger partial charge in [0.25, 0.3) is 5.91 Å². The Morgan fingerprint density at radius 2 is 1.56 bits per heavy atom. The fraction of sp³-hybridized carbons (Fsp3) is 0.318. The first-order valence-electron chi connectivity index (χ1n) is 10.5. The summed E-state index contributed by atoms with van der Waals surface area (Å²) >= 11 is 11.6. The molecule has 0 unspecified atom stereocenters. The van der Waals surface area contributed by atoms with Gasteiger partial charge in [-0.1, -0.05) is 23.2 Å². The quantitative estimate of drug-likeness (QED) is 0.171. The zero-order valence-corrected chi connectivity index (χ0v) is 20.4. The summed E-state index contributed by atoms with van der Waals surface area (Å²) in [6.45, 7) is 0. The predicted octanol–water partition coefficient (Wildman–Crippen LogP) is 7.69. The van der Waals surface area contributed by atoms with E-state index in [1.54, 1.807) is 0 Å². The van der Waals surface area contributed by atoms with Gasteiger partial charge in [-0.2, -0.15) is 39.5 Å². The van der Waals surface area contributed by atoms with Crippen LogP contribution in [0.3, 0.4) is 0 Å². The van der Waals surface area contributed by atoms with Gasteiger partial charge in [0, 0.05) is 41.4 Å². The molecule has 1 saturated carbocycles. The normalized spacial score (nSPS) is 15.2. The van der Waals surface area contributed by atoms with Crippen LogP contribution in [0.1, 0.15) is 39.9 Å². The second-order valence-electron chi connectivity index (χ2n) is 8.23. The molecule has 1 fully saturated rings. The Morgan fingerprint density at radius 3 is 2.05 bits per heavy atom. The zero-order valence-electron chi connectivity index (χ0n) is 18.8. The van der Waals surface area contributed by atoms with Gasteiger partial charge in [0.1, 0.15) is 5.15 Å². The average Bonchev–Trinajstić information content (AvgIpc) is 3.61. The number of hydrogen-bond acceptors (Lipinski definition) is 4. The molecule has 0 aliphatic heterocycles. The molecule has 1 heterocycles. The molecular weight excluding hydrogens is 597 g/mol. The maximum atomic E-state index is 14.4. The molecule has 0 bridgehead atoms. The molecule has 1 aliphatic rings. The highest BCUT2D eigenvalue weighted by Crippen LogP contribution is 2.55. The van der Waals surface area contributed by atoms with Gasteiger partial charge < -0.3 is 16.0 Å². The summed E-state index contributed by atoms with van der Waals surface area (Å²) in [4.78, 5) is 16.1. The summed E-state index contributed by atoms with van der Waals surface area (Å²) in [5.41, 5.74) is -12.4. The molecule has 5 nitrogen and oxygen atoms in total. The molecule has 3 rings (SSSR count). The first kappa shape index (κ1) is 30.5. The highest BCUT2D eigenvalue weighted by atomic mass is 35.5. The smallest absolute Gasteiger partial charge is 0.359 e. The Kier molecular flexibility index (Phi) is 8.19. The lowest BCUT2D eigenvalue weighted by Crippen LogP contribution is -2.50. The second kappa shape index (κ2) is 10.5. The fourth-order valence-electron chi connectivity index (χ4n) is 3.28. The van der Waals surface area contributed by atoms with Crippen LogP contribution in [0.4, 0.5) is 49.6 Å². The van der Waals surface area contributed by atoms with Crippen molar-refractivity contribution in [2.45, 2.75) is 43.1 Å². The summed E-state index contributed by atoms with van der Waals surface area (Å²) in [6.07, 6.45) is -15.1. The maximum Gasteiger partial charge on any atom is 0.435 e. The van der Waals surface area contributed by atoms with E-state index < -0.39 is 58.0 Å². The molecule has 1 amide bonds. The van der Waals surface area contributed by atoms with E-state index in [1.807, 2.05) is 5.32 Å². The van der Waals surface area contributed by atoms with Gasteiger partial charge >= 0.3 is 24.2 Å². The third-order valence-electron chi connectivity index (χ3n) is 5.43. The van der Waals surface area contributed by atoms with Crippen molar-refractivity contribution in [3.8, 4) is 0 Å². The van der Waals surface area contributed by atoms with Gasteiger partial charge in [-0.15, -0.1) is 0 Å². The van der Waals surface area contributed by atoms with E-state index in [4.69, 9.17) is 28.6 Å². The molecule has 1 aliphatic carbocycles. The minimum absolute atomic E-state index is 0.0268. The summed E-state index contributed by atoms with van der Waals surface area (Å²) in [5.74, 6) is -0.615. The Labute approximate surface area is 222 Å². The van der Waals surface area contributed by atoms with E-state index in [-0.39, 0.29) is 34.0 Å². The molecular formula is C22H14Cl2F10N4O. The minimum atomic E-state index is -6.68. The van der Waals surface area contributed by atoms with Crippen molar-refractivity contribution < 1.29 is 48.7 Å². The van der Waals surface area contributed by atoms with Crippen LogP contribution in [0.25, 0.3) is 5.57 Å². The number of carbonyl (C=O) groups excluding carboxylic acids is 1. The van der Waals surface area contributed by atoms with Crippen LogP contribution in [0.5, 0.6) is 0 Å². The Morgan fingerprint density at radius 1 is 0.974 bits per heavy atom. The molecule has 17 heteroatoms. The number of alkyl halides is 10. The fourth-order valence-corrected chi connectivity index (χ4v) is 3.74. The Hall–Kier alpha value is -3.07. The molecule has 1 aromatic heterocycles. The second-order valence-corrected chi connectivity index (χ2v) is 9.00. The number of pyridine rings is 1. The van der Waals surface area contributed by atoms with Crippen LogP contribution in [-0.4, -0.2) is 35.5 Å². The summed E-state index contributed by atoms with van der Waals surface area (Å²) < 4.78 is 134. The summed E-state index contributed by atoms with van der Waals surface area (Å²) in [5, 5.41) is 10.6. The first-order chi connectivity index (χ1) is 17.8. The van der Waals surface area contributed by atoms with Crippen LogP contribution in [0.2, 0.25) is 10.2 Å². The van der Waals surface area contributed by atoms with E-state index in [1.165, 1.54) is 0 Å². The number of halogens is 12. The van der Waals surface area contributed by atoms with Crippen LogP contribution in [0, 0.1) is 5.41 Å². The number of amides is 1. The highest BCUT2D eigenvalue weighted by Gasteiger charge is 2.73. The van der Waals surface area contributed by atoms with Crippen molar-refractivity contribution >= 4 is 46.6 Å². The number of carbonyl (C=O) groups is 1. The van der Waals surface area contributed by atoms with Crippen LogP contribution >= 0.6 is 23.2 Å². The minimum Gasteiger partial charge on any atom is -0.359 e. The molecule has 1 aromatic carbocycles. The SMILES string of the molecule is N=C/C(=C\Nc1c(Cl)cc(C(F)(C(F)(F)F)C(F)(F)F)cc1C(F)(F)F)c1cnc(Cl)c(C(=O)NC2CC2)c1. The number of aromatic nitrogens is 1. The average molecular weight is 611 g/mol. The summed E-state index contributed by atoms with van der Waals surface area (Å²) in [7, 11) is 0. The highest BCUT2D eigenvalue weighted by molar-refractivity contribution is 6.33. The monoisotopic (exact) mass is 610 g/mol. The maximum absolute atomic E-state index is 14.4. The zero-order chi connectivity index (χ0) is 29.6. The third kappa shape index (κ3) is 6.24. The molecule has 0 radical (unpaired) electrons. The van der Waals surface area contributed by atoms with Gasteiger partial charge in [-0.3, -0.25) is 4.79 Å². The lowest BCUT2D eigenvalue weighted by atomic mass is 9.92. The van der Waals surface area contributed by atoms with Crippen LogP contribution < -0.4 is 10.6 Å². The molecule has 212 valence electrons. The van der Waals surface area contributed by atoms with E-state index in [2.05, 4.69) is 10.3 Å². The van der Waals surface area contributed by atoms with Gasteiger partial charge in [0.15, 0.2) is 0 Å². The number of benzene rings is 1. The van der Waals surface area contributed by atoms with Gasteiger partial charge in [-0.05, 0) is 31.0 Å². The largest absolute Gasteiger partial charge is 0.435 e. The topological polar surface area (TPSA) is 77.9 Å². The molecule has 0 atom stereocenters. The number of allylic oxidation sites excluding steroid dienone is 1. The molecule has 39 heavy (non-hydrogen) atoms. The first-order valence-corrected chi connectivity index (χ1v) is 11.2. The number of rotatable bonds is 7. The van der Waals surface area contributed by atoms with Gasteiger partial charge in [0.05, 0.1) is 21.8 Å². The number of anilines is 1. The number of nitrogens with zero attached hydrogens (tertiary/aromatic N) is 1. The van der Waals surface area contributed by atoms with Crippen LogP contribution in [-0.2, 0) is 11.8 Å². The Balaban J connectivity index is 2.08. The lowest BCUT2D eigenvalue weighted by Gasteiger charge is -2.31. The van der Waals surface area contributed by atoms with Crippen molar-refractivity contribution in [3.05, 3.63) is 63.0 Å². The number of nitrogens with one attached hydrogen (secondary N) is 3. The molecule has 3 N–H and O–H groups in total.